The second-order valence-electron chi connectivity index (χ2n) is 9.37. The van der Waals surface area contributed by atoms with Gasteiger partial charge in [0, 0.05) is 44.2 Å². The van der Waals surface area contributed by atoms with E-state index in [1.807, 2.05) is 31.7 Å². The summed E-state index contributed by atoms with van der Waals surface area (Å²) in [5, 5.41) is 9.88. The quantitative estimate of drug-likeness (QED) is 0.652. The number of carboxylic acids is 1. The lowest BCUT2D eigenvalue weighted by Gasteiger charge is -2.38. The second-order valence-corrected chi connectivity index (χ2v) is 10.2. The number of carbonyl (C=O) groups is 3. The molecule has 0 spiro atoms. The van der Waals surface area contributed by atoms with Gasteiger partial charge in [-0.15, -0.1) is 0 Å². The molecule has 0 bridgehead atoms. The summed E-state index contributed by atoms with van der Waals surface area (Å²) in [5.74, 6) is -1.25. The molecule has 2 aliphatic rings. The minimum atomic E-state index is -1.11. The van der Waals surface area contributed by atoms with Crippen molar-refractivity contribution >= 4 is 50.6 Å². The minimum Gasteiger partial charge on any atom is -0.475 e. The van der Waals surface area contributed by atoms with Crippen molar-refractivity contribution in [1.29, 1.82) is 0 Å². The molecule has 1 aromatic carbocycles. The van der Waals surface area contributed by atoms with Crippen LogP contribution >= 0.6 is 15.9 Å². The van der Waals surface area contributed by atoms with Gasteiger partial charge in [0.05, 0.1) is 10.2 Å². The molecule has 33 heavy (non-hydrogen) atoms. The van der Waals surface area contributed by atoms with Gasteiger partial charge in [0.1, 0.15) is 17.2 Å². The number of hydrogen-bond donors (Lipinski definition) is 1. The van der Waals surface area contributed by atoms with Gasteiger partial charge in [-0.25, -0.2) is 9.59 Å². The zero-order valence-corrected chi connectivity index (χ0v) is 20.6. The average Bonchev–Trinajstić information content (AvgIpc) is 3.40. The van der Waals surface area contributed by atoms with E-state index < -0.39 is 23.7 Å². The molecular formula is C23H28BrN3O6. The number of amides is 2. The lowest BCUT2D eigenvalue weighted by Crippen LogP contribution is -2.55. The molecule has 1 N–H and O–H groups in total. The van der Waals surface area contributed by atoms with Crippen LogP contribution < -0.4 is 4.90 Å². The molecule has 9 nitrogen and oxygen atoms in total. The number of rotatable bonds is 3. The molecule has 2 fully saturated rings. The van der Waals surface area contributed by atoms with Gasteiger partial charge in [-0.3, -0.25) is 9.69 Å². The highest BCUT2D eigenvalue weighted by molar-refractivity contribution is 9.10. The summed E-state index contributed by atoms with van der Waals surface area (Å²) in [6.07, 6.45) is 0.994. The van der Waals surface area contributed by atoms with Crippen LogP contribution in [0.3, 0.4) is 0 Å². The Labute approximate surface area is 200 Å². The SMILES string of the molecule is CC(C)(C)OC(=O)N1CCCC1C(=O)N1CCN(c2ccc3oc(C(=O)O)cc3c2Br)CC1. The monoisotopic (exact) mass is 521 g/mol. The summed E-state index contributed by atoms with van der Waals surface area (Å²) in [7, 11) is 0. The number of nitrogens with zero attached hydrogens (tertiary/aromatic N) is 3. The second kappa shape index (κ2) is 8.89. The molecule has 0 aliphatic carbocycles. The van der Waals surface area contributed by atoms with Crippen LogP contribution in [-0.4, -0.2) is 77.2 Å². The summed E-state index contributed by atoms with van der Waals surface area (Å²) < 4.78 is 11.6. The van der Waals surface area contributed by atoms with E-state index in [0.717, 1.165) is 16.6 Å². The molecule has 2 saturated heterocycles. The van der Waals surface area contributed by atoms with Gasteiger partial charge in [-0.2, -0.15) is 0 Å². The van der Waals surface area contributed by atoms with Crippen LogP contribution in [0, 0.1) is 0 Å². The fourth-order valence-electron chi connectivity index (χ4n) is 4.36. The maximum atomic E-state index is 13.2. The molecule has 3 heterocycles. The number of carbonyl (C=O) groups excluding carboxylic acids is 2. The van der Waals surface area contributed by atoms with E-state index in [-0.39, 0.29) is 11.7 Å². The first-order valence-electron chi connectivity index (χ1n) is 11.0. The lowest BCUT2D eigenvalue weighted by molar-refractivity contribution is -0.136. The molecule has 2 aromatic rings. The Morgan fingerprint density at radius 3 is 2.45 bits per heavy atom. The number of piperazine rings is 1. The Hall–Kier alpha value is -2.75. The third-order valence-electron chi connectivity index (χ3n) is 5.92. The normalized spacial score (nSPS) is 19.3. The Morgan fingerprint density at radius 2 is 1.82 bits per heavy atom. The van der Waals surface area contributed by atoms with Crippen LogP contribution in [0.2, 0.25) is 0 Å². The molecule has 10 heteroatoms. The highest BCUT2D eigenvalue weighted by Gasteiger charge is 2.39. The van der Waals surface area contributed by atoms with Gasteiger partial charge in [-0.1, -0.05) is 0 Å². The Balaban J connectivity index is 1.42. The Bertz CT molecular complexity index is 1080. The molecule has 4 rings (SSSR count). The number of anilines is 1. The predicted molar refractivity (Wildman–Crippen MR) is 126 cm³/mol. The number of benzene rings is 1. The standard InChI is InChI=1S/C23H28BrN3O6/c1-23(2,3)33-22(31)27-8-4-5-16(27)20(28)26-11-9-25(10-12-26)15-6-7-17-14(19(15)24)13-18(32-17)21(29)30/h6-7,13,16H,4-5,8-12H2,1-3H3,(H,29,30). The number of hydrogen-bond acceptors (Lipinski definition) is 6. The van der Waals surface area contributed by atoms with Crippen LogP contribution in [0.1, 0.15) is 44.2 Å². The molecule has 178 valence electrons. The van der Waals surface area contributed by atoms with E-state index in [9.17, 15) is 19.5 Å². The van der Waals surface area contributed by atoms with E-state index in [1.165, 1.54) is 6.07 Å². The van der Waals surface area contributed by atoms with Crippen LogP contribution in [0.5, 0.6) is 0 Å². The number of fused-ring (bicyclic) bond motifs is 1. The third kappa shape index (κ3) is 4.80. The van der Waals surface area contributed by atoms with Crippen molar-refractivity contribution in [3.8, 4) is 0 Å². The molecule has 0 saturated carbocycles. The van der Waals surface area contributed by atoms with E-state index in [4.69, 9.17) is 9.15 Å². The Kier molecular flexibility index (Phi) is 6.30. The van der Waals surface area contributed by atoms with Gasteiger partial charge >= 0.3 is 12.1 Å². The van der Waals surface area contributed by atoms with Crippen molar-refractivity contribution in [2.45, 2.75) is 45.3 Å². The fraction of sp³-hybridized carbons (Fsp3) is 0.522. The van der Waals surface area contributed by atoms with Crippen LogP contribution in [0.15, 0.2) is 27.1 Å². The number of ether oxygens (including phenoxy) is 1. The van der Waals surface area contributed by atoms with E-state index in [0.29, 0.717) is 50.1 Å². The van der Waals surface area contributed by atoms with Crippen molar-refractivity contribution in [1.82, 2.24) is 9.80 Å². The smallest absolute Gasteiger partial charge is 0.410 e. The average molecular weight is 522 g/mol. The number of aromatic carboxylic acids is 1. The number of halogens is 1. The minimum absolute atomic E-state index is 0.0338. The molecule has 1 aromatic heterocycles. The summed E-state index contributed by atoms with van der Waals surface area (Å²) in [6.45, 7) is 8.30. The van der Waals surface area contributed by atoms with Gasteiger partial charge in [0.25, 0.3) is 0 Å². The first-order valence-corrected chi connectivity index (χ1v) is 11.8. The largest absolute Gasteiger partial charge is 0.475 e. The highest BCUT2D eigenvalue weighted by atomic mass is 79.9. The molecular weight excluding hydrogens is 494 g/mol. The summed E-state index contributed by atoms with van der Waals surface area (Å²) in [4.78, 5) is 42.5. The first-order chi connectivity index (χ1) is 15.5. The summed E-state index contributed by atoms with van der Waals surface area (Å²) in [5.41, 5.74) is 0.817. The zero-order valence-electron chi connectivity index (χ0n) is 19.0. The first kappa shape index (κ1) is 23.4. The van der Waals surface area contributed by atoms with E-state index in [1.54, 1.807) is 11.0 Å². The molecule has 0 radical (unpaired) electrons. The molecule has 1 atom stereocenters. The van der Waals surface area contributed by atoms with Crippen LogP contribution in [0.4, 0.5) is 10.5 Å². The molecule has 2 aliphatic heterocycles. The predicted octanol–water partition coefficient (Wildman–Crippen LogP) is 3.94. The highest BCUT2D eigenvalue weighted by Crippen LogP contribution is 2.36. The van der Waals surface area contributed by atoms with Gasteiger partial charge < -0.3 is 24.1 Å². The molecule has 1 unspecified atom stereocenters. The van der Waals surface area contributed by atoms with Crippen molar-refractivity contribution < 1.29 is 28.6 Å². The van der Waals surface area contributed by atoms with Crippen molar-refractivity contribution in [3.63, 3.8) is 0 Å². The van der Waals surface area contributed by atoms with Gasteiger partial charge in [0.2, 0.25) is 11.7 Å². The van der Waals surface area contributed by atoms with Crippen LogP contribution in [-0.2, 0) is 9.53 Å². The third-order valence-corrected chi connectivity index (χ3v) is 6.76. The Morgan fingerprint density at radius 1 is 1.12 bits per heavy atom. The van der Waals surface area contributed by atoms with E-state index in [2.05, 4.69) is 20.8 Å². The summed E-state index contributed by atoms with van der Waals surface area (Å²) in [6, 6.07) is 4.68. The maximum absolute atomic E-state index is 13.2. The zero-order chi connectivity index (χ0) is 23.9. The molecule has 2 amide bonds. The number of furan rings is 1. The number of likely N-dealkylation sites (tertiary alicyclic amines) is 1. The van der Waals surface area contributed by atoms with Gasteiger partial charge in [0.15, 0.2) is 0 Å². The fourth-order valence-corrected chi connectivity index (χ4v) is 5.05. The maximum Gasteiger partial charge on any atom is 0.410 e. The van der Waals surface area contributed by atoms with Crippen molar-refractivity contribution in [2.75, 3.05) is 37.6 Å². The van der Waals surface area contributed by atoms with Gasteiger partial charge in [-0.05, 0) is 61.7 Å². The lowest BCUT2D eigenvalue weighted by atomic mass is 10.1. The van der Waals surface area contributed by atoms with E-state index >= 15 is 0 Å². The summed E-state index contributed by atoms with van der Waals surface area (Å²) >= 11 is 3.59. The van der Waals surface area contributed by atoms with Crippen molar-refractivity contribution in [2.24, 2.45) is 0 Å². The number of carboxylic acid groups (broad SMARTS) is 1. The topological polar surface area (TPSA) is 104 Å². The van der Waals surface area contributed by atoms with Crippen molar-refractivity contribution in [3.05, 3.63) is 28.4 Å². The van der Waals surface area contributed by atoms with Crippen LogP contribution in [0.25, 0.3) is 11.0 Å².